The molecule has 17 heavy (non-hydrogen) atoms. The fourth-order valence-electron chi connectivity index (χ4n) is 1.44. The van der Waals surface area contributed by atoms with Gasteiger partial charge in [-0.2, -0.15) is 0 Å². The van der Waals surface area contributed by atoms with E-state index in [9.17, 15) is 5.11 Å². The Kier molecular flexibility index (Phi) is 9.10. The van der Waals surface area contributed by atoms with E-state index in [1.807, 2.05) is 0 Å². The largest absolute Gasteiger partial charge is 0.386 e. The third-order valence-corrected chi connectivity index (χ3v) is 2.72. The van der Waals surface area contributed by atoms with Crippen molar-refractivity contribution >= 4 is 0 Å². The lowest BCUT2D eigenvalue weighted by molar-refractivity contribution is 0.0968. The number of hydrogen-bond donors (Lipinski definition) is 1. The Morgan fingerprint density at radius 3 is 2.18 bits per heavy atom. The van der Waals surface area contributed by atoms with Crippen LogP contribution in [0.3, 0.4) is 0 Å². The summed E-state index contributed by atoms with van der Waals surface area (Å²) in [6.07, 6.45) is 9.31. The van der Waals surface area contributed by atoms with Crippen LogP contribution in [0, 0.1) is 0 Å². The second-order valence-corrected chi connectivity index (χ2v) is 5.05. The molecule has 0 aromatic rings. The maximum Gasteiger partial charge on any atom is 0.0800 e. The lowest BCUT2D eigenvalue weighted by Gasteiger charge is -2.16. The number of aliphatic hydroxyl groups is 1. The van der Waals surface area contributed by atoms with Crippen LogP contribution >= 0.6 is 0 Å². The van der Waals surface area contributed by atoms with Gasteiger partial charge in [0.15, 0.2) is 0 Å². The summed E-state index contributed by atoms with van der Waals surface area (Å²) < 4.78 is 5.07. The summed E-state index contributed by atoms with van der Waals surface area (Å²) in [5.41, 5.74) is 0.594. The Bertz CT molecular complexity index is 210. The standard InChI is InChI=1S/C10H18O.C5H10O/c1-5-10(4,11)8-6-7-9(2)3;1-2-4-6-5-3-1/h5,7,11H,1,6,8H2,2-4H3;1-5H2. The first-order chi connectivity index (χ1) is 7.98. The zero-order valence-corrected chi connectivity index (χ0v) is 11.7. The van der Waals surface area contributed by atoms with Crippen molar-refractivity contribution in [2.75, 3.05) is 13.2 Å². The summed E-state index contributed by atoms with van der Waals surface area (Å²) in [6.45, 7) is 11.5. The summed E-state index contributed by atoms with van der Waals surface area (Å²) in [7, 11) is 0. The van der Waals surface area contributed by atoms with Crippen LogP contribution in [-0.4, -0.2) is 23.9 Å². The van der Waals surface area contributed by atoms with Crippen molar-refractivity contribution in [2.45, 2.75) is 58.5 Å². The average Bonchev–Trinajstić information content (AvgIpc) is 2.31. The first kappa shape index (κ1) is 16.4. The molecule has 0 spiro atoms. The fourth-order valence-corrected chi connectivity index (χ4v) is 1.44. The normalized spacial score (nSPS) is 18.4. The van der Waals surface area contributed by atoms with Gasteiger partial charge in [-0.1, -0.05) is 17.7 Å². The van der Waals surface area contributed by atoms with Crippen molar-refractivity contribution in [3.63, 3.8) is 0 Å². The van der Waals surface area contributed by atoms with Gasteiger partial charge >= 0.3 is 0 Å². The quantitative estimate of drug-likeness (QED) is 0.756. The fraction of sp³-hybridized carbons (Fsp3) is 0.733. The molecule has 1 heterocycles. The molecule has 0 bridgehead atoms. The third kappa shape index (κ3) is 11.7. The Balaban J connectivity index is 0.000000354. The molecule has 0 aliphatic carbocycles. The molecule has 0 amide bonds. The number of hydrogen-bond acceptors (Lipinski definition) is 2. The Morgan fingerprint density at radius 1 is 1.29 bits per heavy atom. The van der Waals surface area contributed by atoms with Crippen molar-refractivity contribution in [1.82, 2.24) is 0 Å². The SMILES string of the molecule is C1CCOCC1.C=CC(C)(O)CCC=C(C)C. The van der Waals surface area contributed by atoms with E-state index in [2.05, 4.69) is 26.5 Å². The van der Waals surface area contributed by atoms with Gasteiger partial charge in [-0.05, 0) is 52.9 Å². The van der Waals surface area contributed by atoms with E-state index < -0.39 is 5.60 Å². The van der Waals surface area contributed by atoms with E-state index >= 15 is 0 Å². The van der Waals surface area contributed by atoms with Crippen molar-refractivity contribution < 1.29 is 9.84 Å². The van der Waals surface area contributed by atoms with Gasteiger partial charge in [0.25, 0.3) is 0 Å². The van der Waals surface area contributed by atoms with Gasteiger partial charge in [-0.3, -0.25) is 0 Å². The Hall–Kier alpha value is -0.600. The first-order valence-corrected chi connectivity index (χ1v) is 6.55. The van der Waals surface area contributed by atoms with E-state index in [4.69, 9.17) is 4.74 Å². The smallest absolute Gasteiger partial charge is 0.0800 e. The third-order valence-electron chi connectivity index (χ3n) is 2.72. The summed E-state index contributed by atoms with van der Waals surface area (Å²) in [6, 6.07) is 0. The second-order valence-electron chi connectivity index (χ2n) is 5.05. The average molecular weight is 240 g/mol. The number of ether oxygens (including phenoxy) is 1. The summed E-state index contributed by atoms with van der Waals surface area (Å²) in [5, 5.41) is 9.49. The molecule has 2 nitrogen and oxygen atoms in total. The zero-order valence-electron chi connectivity index (χ0n) is 11.7. The van der Waals surface area contributed by atoms with Crippen molar-refractivity contribution in [3.8, 4) is 0 Å². The highest BCUT2D eigenvalue weighted by atomic mass is 16.5. The topological polar surface area (TPSA) is 29.5 Å². The minimum atomic E-state index is -0.702. The lowest BCUT2D eigenvalue weighted by Crippen LogP contribution is -2.19. The highest BCUT2D eigenvalue weighted by Crippen LogP contribution is 2.13. The van der Waals surface area contributed by atoms with Gasteiger partial charge in [-0.15, -0.1) is 6.58 Å². The molecule has 1 N–H and O–H groups in total. The van der Waals surface area contributed by atoms with Crippen LogP contribution in [0.15, 0.2) is 24.3 Å². The molecule has 1 unspecified atom stereocenters. The van der Waals surface area contributed by atoms with Crippen LogP contribution in [0.2, 0.25) is 0 Å². The predicted molar refractivity (Wildman–Crippen MR) is 74.2 cm³/mol. The highest BCUT2D eigenvalue weighted by Gasteiger charge is 2.12. The maximum atomic E-state index is 9.49. The molecule has 1 saturated heterocycles. The van der Waals surface area contributed by atoms with Crippen LogP contribution in [0.1, 0.15) is 52.9 Å². The molecule has 1 rings (SSSR count). The molecule has 1 atom stereocenters. The summed E-state index contributed by atoms with van der Waals surface area (Å²) in [4.78, 5) is 0. The minimum Gasteiger partial charge on any atom is -0.386 e. The minimum absolute atomic E-state index is 0.702. The molecule has 100 valence electrons. The van der Waals surface area contributed by atoms with Gasteiger partial charge in [0.05, 0.1) is 5.60 Å². The molecule has 0 aromatic carbocycles. The number of allylic oxidation sites excluding steroid dienone is 2. The van der Waals surface area contributed by atoms with Crippen molar-refractivity contribution in [2.24, 2.45) is 0 Å². The van der Waals surface area contributed by atoms with Gasteiger partial charge in [0.1, 0.15) is 0 Å². The van der Waals surface area contributed by atoms with E-state index in [0.29, 0.717) is 0 Å². The predicted octanol–water partition coefficient (Wildman–Crippen LogP) is 3.86. The Labute approximate surface area is 106 Å². The van der Waals surface area contributed by atoms with Gasteiger partial charge in [-0.25, -0.2) is 0 Å². The van der Waals surface area contributed by atoms with Crippen LogP contribution < -0.4 is 0 Å². The van der Waals surface area contributed by atoms with Gasteiger partial charge in [0.2, 0.25) is 0 Å². The van der Waals surface area contributed by atoms with E-state index in [0.717, 1.165) is 26.1 Å². The van der Waals surface area contributed by atoms with E-state index in [1.54, 1.807) is 13.0 Å². The molecule has 1 aliphatic rings. The molecular weight excluding hydrogens is 212 g/mol. The second kappa shape index (κ2) is 9.43. The molecular formula is C15H28O2. The maximum absolute atomic E-state index is 9.49. The van der Waals surface area contributed by atoms with Crippen LogP contribution in [-0.2, 0) is 4.74 Å². The molecule has 2 heteroatoms. The van der Waals surface area contributed by atoms with Crippen molar-refractivity contribution in [3.05, 3.63) is 24.3 Å². The van der Waals surface area contributed by atoms with Crippen LogP contribution in [0.5, 0.6) is 0 Å². The molecule has 0 saturated carbocycles. The molecule has 0 radical (unpaired) electrons. The molecule has 1 aliphatic heterocycles. The first-order valence-electron chi connectivity index (χ1n) is 6.55. The zero-order chi connectivity index (χ0) is 13.1. The van der Waals surface area contributed by atoms with Crippen molar-refractivity contribution in [1.29, 1.82) is 0 Å². The van der Waals surface area contributed by atoms with E-state index in [-0.39, 0.29) is 0 Å². The van der Waals surface area contributed by atoms with Crippen LogP contribution in [0.4, 0.5) is 0 Å². The van der Waals surface area contributed by atoms with Gasteiger partial charge < -0.3 is 9.84 Å². The molecule has 0 aromatic heterocycles. The Morgan fingerprint density at radius 2 is 1.88 bits per heavy atom. The monoisotopic (exact) mass is 240 g/mol. The summed E-state index contributed by atoms with van der Waals surface area (Å²) in [5.74, 6) is 0. The number of rotatable bonds is 4. The van der Waals surface area contributed by atoms with E-state index in [1.165, 1.54) is 24.8 Å². The van der Waals surface area contributed by atoms with Crippen LogP contribution in [0.25, 0.3) is 0 Å². The highest BCUT2D eigenvalue weighted by molar-refractivity contribution is 4.97. The summed E-state index contributed by atoms with van der Waals surface area (Å²) >= 11 is 0. The molecule has 1 fully saturated rings. The van der Waals surface area contributed by atoms with Gasteiger partial charge in [0, 0.05) is 13.2 Å². The lowest BCUT2D eigenvalue weighted by atomic mass is 10.00.